The monoisotopic (exact) mass is 536 g/mol. The molecule has 1 heterocycles. The molecule has 0 bridgehead atoms. The van der Waals surface area contributed by atoms with Gasteiger partial charge in [-0.1, -0.05) is 36.2 Å². The van der Waals surface area contributed by atoms with Crippen LogP contribution >= 0.6 is 23.5 Å². The molecule has 2 rings (SSSR count). The number of hydrogen-bond acceptors (Lipinski definition) is 5. The lowest BCUT2D eigenvalue weighted by atomic mass is 9.85. The third-order valence-electron chi connectivity index (χ3n) is 5.25. The van der Waals surface area contributed by atoms with Crippen LogP contribution in [0.5, 0.6) is 5.75 Å². The minimum absolute atomic E-state index is 0.0300. The second kappa shape index (κ2) is 11.6. The van der Waals surface area contributed by atoms with Crippen molar-refractivity contribution in [2.75, 3.05) is 19.7 Å². The standard InChI is InChI=1S/C25H36ClF3N2O3S/c1-8-13-33-20-15-18(25(27,28)29)19(26)14-17(20)21(30-35-24(5,6)7)16-9-11-31(12-10-16)22(32)34-23(2,3)4/h8,14-16,21,30H,1,9-13H2,2-7H3. The third-order valence-corrected chi connectivity index (χ3v) is 6.55. The summed E-state index contributed by atoms with van der Waals surface area (Å²) in [6.45, 7) is 16.2. The molecule has 1 aliphatic heterocycles. The van der Waals surface area contributed by atoms with Crippen molar-refractivity contribution >= 4 is 29.6 Å². The molecular formula is C25H36ClF3N2O3S. The zero-order valence-electron chi connectivity index (χ0n) is 21.2. The molecule has 0 saturated carbocycles. The number of halogens is 4. The highest BCUT2D eigenvalue weighted by Gasteiger charge is 2.38. The molecule has 0 aromatic heterocycles. The Hall–Kier alpha value is -1.58. The Bertz CT molecular complexity index is 890. The van der Waals surface area contributed by atoms with Crippen molar-refractivity contribution in [3.05, 3.63) is 40.9 Å². The number of nitrogens with zero attached hydrogens (tertiary/aromatic N) is 1. The molecule has 35 heavy (non-hydrogen) atoms. The summed E-state index contributed by atoms with van der Waals surface area (Å²) in [7, 11) is 0. The smallest absolute Gasteiger partial charge is 0.417 e. The van der Waals surface area contributed by atoms with E-state index in [1.807, 2.05) is 41.5 Å². The molecule has 1 atom stereocenters. The first-order chi connectivity index (χ1) is 16.0. The molecule has 1 aromatic rings. The molecule has 0 radical (unpaired) electrons. The lowest BCUT2D eigenvalue weighted by Gasteiger charge is -2.38. The maximum Gasteiger partial charge on any atom is 0.417 e. The average Bonchev–Trinajstić information content (AvgIpc) is 2.70. The number of alkyl halides is 3. The summed E-state index contributed by atoms with van der Waals surface area (Å²) < 4.78 is 55.1. The van der Waals surface area contributed by atoms with Crippen LogP contribution in [-0.2, 0) is 10.9 Å². The molecule has 1 saturated heterocycles. The van der Waals surface area contributed by atoms with Gasteiger partial charge < -0.3 is 14.4 Å². The van der Waals surface area contributed by atoms with Gasteiger partial charge in [0, 0.05) is 29.4 Å². The van der Waals surface area contributed by atoms with E-state index >= 15 is 0 Å². The van der Waals surface area contributed by atoms with Crippen molar-refractivity contribution in [3.8, 4) is 5.75 Å². The van der Waals surface area contributed by atoms with Gasteiger partial charge in [0.1, 0.15) is 18.0 Å². The van der Waals surface area contributed by atoms with Gasteiger partial charge in [-0.05, 0) is 72.4 Å². The van der Waals surface area contributed by atoms with Crippen LogP contribution < -0.4 is 9.46 Å². The maximum atomic E-state index is 13.5. The Morgan fingerprint density at radius 2 is 1.83 bits per heavy atom. The highest BCUT2D eigenvalue weighted by atomic mass is 35.5. The zero-order chi connectivity index (χ0) is 26.6. The molecule has 10 heteroatoms. The van der Waals surface area contributed by atoms with E-state index in [4.69, 9.17) is 21.1 Å². The number of benzene rings is 1. The van der Waals surface area contributed by atoms with E-state index in [9.17, 15) is 18.0 Å². The van der Waals surface area contributed by atoms with Crippen LogP contribution in [0, 0.1) is 5.92 Å². The lowest BCUT2D eigenvalue weighted by molar-refractivity contribution is -0.137. The summed E-state index contributed by atoms with van der Waals surface area (Å²) >= 11 is 7.62. The van der Waals surface area contributed by atoms with Crippen LogP contribution in [0.1, 0.15) is 71.6 Å². The molecule has 1 N–H and O–H groups in total. The minimum Gasteiger partial charge on any atom is -0.489 e. The van der Waals surface area contributed by atoms with Crippen LogP contribution in [0.4, 0.5) is 18.0 Å². The van der Waals surface area contributed by atoms with Gasteiger partial charge in [-0.3, -0.25) is 4.72 Å². The van der Waals surface area contributed by atoms with E-state index in [0.717, 1.165) is 6.07 Å². The maximum absolute atomic E-state index is 13.5. The molecular weight excluding hydrogens is 501 g/mol. The fraction of sp³-hybridized carbons (Fsp3) is 0.640. The molecule has 0 aliphatic carbocycles. The van der Waals surface area contributed by atoms with Gasteiger partial charge in [-0.2, -0.15) is 13.2 Å². The fourth-order valence-corrected chi connectivity index (χ4v) is 4.78. The zero-order valence-corrected chi connectivity index (χ0v) is 22.8. The summed E-state index contributed by atoms with van der Waals surface area (Å²) in [4.78, 5) is 14.2. The summed E-state index contributed by atoms with van der Waals surface area (Å²) in [5.74, 6) is 0.144. The summed E-state index contributed by atoms with van der Waals surface area (Å²) in [5.41, 5.74) is -0.975. The second-order valence-corrected chi connectivity index (χ2v) is 12.7. The molecule has 1 aromatic carbocycles. The van der Waals surface area contributed by atoms with Gasteiger partial charge >= 0.3 is 12.3 Å². The van der Waals surface area contributed by atoms with Crippen molar-refractivity contribution in [1.82, 2.24) is 9.62 Å². The Labute approximate surface area is 215 Å². The predicted octanol–water partition coefficient (Wildman–Crippen LogP) is 7.65. The van der Waals surface area contributed by atoms with E-state index in [2.05, 4.69) is 11.3 Å². The van der Waals surface area contributed by atoms with Crippen molar-refractivity contribution in [1.29, 1.82) is 0 Å². The van der Waals surface area contributed by atoms with Gasteiger partial charge in [-0.25, -0.2) is 4.79 Å². The van der Waals surface area contributed by atoms with Crippen LogP contribution in [0.3, 0.4) is 0 Å². The lowest BCUT2D eigenvalue weighted by Crippen LogP contribution is -2.43. The van der Waals surface area contributed by atoms with E-state index in [1.54, 1.807) is 4.90 Å². The van der Waals surface area contributed by atoms with Gasteiger partial charge in [0.25, 0.3) is 0 Å². The largest absolute Gasteiger partial charge is 0.489 e. The van der Waals surface area contributed by atoms with Crippen LogP contribution in [0.25, 0.3) is 0 Å². The summed E-state index contributed by atoms with van der Waals surface area (Å²) in [6, 6.07) is 1.97. The van der Waals surface area contributed by atoms with Crippen molar-refractivity contribution in [3.63, 3.8) is 0 Å². The third kappa shape index (κ3) is 9.10. The van der Waals surface area contributed by atoms with Crippen LogP contribution in [-0.4, -0.2) is 41.0 Å². The van der Waals surface area contributed by atoms with Crippen molar-refractivity contribution in [2.24, 2.45) is 5.92 Å². The first-order valence-corrected chi connectivity index (χ1v) is 12.8. The van der Waals surface area contributed by atoms with E-state index in [-0.39, 0.29) is 40.2 Å². The number of piperidine rings is 1. The Morgan fingerprint density at radius 1 is 1.23 bits per heavy atom. The fourth-order valence-electron chi connectivity index (χ4n) is 3.70. The minimum atomic E-state index is -4.61. The number of carbonyl (C=O) groups excluding carboxylic acids is 1. The average molecular weight is 537 g/mol. The molecule has 0 spiro atoms. The number of nitrogens with one attached hydrogen (secondary N) is 1. The number of likely N-dealkylation sites (tertiary alicyclic amines) is 1. The quantitative estimate of drug-likeness (QED) is 0.286. The van der Waals surface area contributed by atoms with Crippen LogP contribution in [0.2, 0.25) is 5.02 Å². The summed E-state index contributed by atoms with van der Waals surface area (Å²) in [6.07, 6.45) is -2.21. The summed E-state index contributed by atoms with van der Waals surface area (Å²) in [5, 5.41) is -0.378. The first kappa shape index (κ1) is 29.6. The molecule has 1 unspecified atom stereocenters. The van der Waals surface area contributed by atoms with Gasteiger partial charge in [0.2, 0.25) is 0 Å². The van der Waals surface area contributed by atoms with Gasteiger partial charge in [0.05, 0.1) is 10.6 Å². The Balaban J connectivity index is 2.38. The topological polar surface area (TPSA) is 50.8 Å². The molecule has 1 aliphatic rings. The highest BCUT2D eigenvalue weighted by molar-refractivity contribution is 7.98. The first-order valence-electron chi connectivity index (χ1n) is 11.6. The predicted molar refractivity (Wildman–Crippen MR) is 136 cm³/mol. The Kier molecular flexibility index (Phi) is 9.87. The van der Waals surface area contributed by atoms with Crippen molar-refractivity contribution < 1.29 is 27.4 Å². The molecule has 1 amide bonds. The number of hydrogen-bond donors (Lipinski definition) is 1. The highest BCUT2D eigenvalue weighted by Crippen LogP contribution is 2.44. The van der Waals surface area contributed by atoms with Gasteiger partial charge in [-0.15, -0.1) is 0 Å². The van der Waals surface area contributed by atoms with E-state index in [1.165, 1.54) is 24.1 Å². The molecule has 1 fully saturated rings. The number of carbonyl (C=O) groups is 1. The number of rotatable bonds is 7. The van der Waals surface area contributed by atoms with Crippen LogP contribution in [0.15, 0.2) is 24.8 Å². The second-order valence-electron chi connectivity index (χ2n) is 10.6. The molecule has 5 nitrogen and oxygen atoms in total. The van der Waals surface area contributed by atoms with E-state index < -0.39 is 17.3 Å². The van der Waals surface area contributed by atoms with E-state index in [0.29, 0.717) is 31.5 Å². The normalized spacial score (nSPS) is 16.7. The van der Waals surface area contributed by atoms with Gasteiger partial charge in [0.15, 0.2) is 0 Å². The van der Waals surface area contributed by atoms with Crippen molar-refractivity contribution in [2.45, 2.75) is 77.0 Å². The number of ether oxygens (including phenoxy) is 2. The number of amides is 1. The molecule has 198 valence electrons. The SMILES string of the molecule is C=CCOc1cc(C(F)(F)F)c(Cl)cc1C(NSC(C)(C)C)C1CCN(C(=O)OC(C)(C)C)CC1. The Morgan fingerprint density at radius 3 is 2.31 bits per heavy atom.